The quantitative estimate of drug-likeness (QED) is 0.180. The van der Waals surface area contributed by atoms with Crippen molar-refractivity contribution in [3.8, 4) is 67.5 Å². The van der Waals surface area contributed by atoms with Crippen LogP contribution >= 0.6 is 11.3 Å². The van der Waals surface area contributed by atoms with Crippen LogP contribution in [-0.2, 0) is 0 Å². The highest BCUT2D eigenvalue weighted by Gasteiger charge is 2.18. The Balaban J connectivity index is 1.33. The Morgan fingerprint density at radius 1 is 0.408 bits per heavy atom. The lowest BCUT2D eigenvalue weighted by atomic mass is 9.94. The van der Waals surface area contributed by atoms with Gasteiger partial charge in [0.25, 0.3) is 0 Å². The van der Waals surface area contributed by atoms with E-state index in [0.29, 0.717) is 42.9 Å². The van der Waals surface area contributed by atoms with Crippen LogP contribution in [-0.4, -0.2) is 15.0 Å². The molecule has 4 heteroatoms. The van der Waals surface area contributed by atoms with Crippen molar-refractivity contribution in [2.45, 2.75) is 0 Å². The van der Waals surface area contributed by atoms with Gasteiger partial charge < -0.3 is 0 Å². The summed E-state index contributed by atoms with van der Waals surface area (Å²) in [7, 11) is 0. The monoisotopic (exact) mass is 649 g/mol. The first-order valence-corrected chi connectivity index (χ1v) is 16.7. The molecule has 0 bridgehead atoms. The number of hydrogen-bond donors (Lipinski definition) is 0. The summed E-state index contributed by atoms with van der Waals surface area (Å²) in [6, 6.07) is 43.9. The van der Waals surface area contributed by atoms with Crippen molar-refractivity contribution in [2.75, 3.05) is 0 Å². The maximum Gasteiger partial charge on any atom is 0.164 e. The van der Waals surface area contributed by atoms with E-state index in [1.54, 1.807) is 0 Å². The van der Waals surface area contributed by atoms with Crippen molar-refractivity contribution < 1.29 is 8.22 Å². The fourth-order valence-electron chi connectivity index (χ4n) is 6.11. The molecule has 0 aliphatic heterocycles. The molecule has 0 aliphatic carbocycles. The average Bonchev–Trinajstić information content (AvgIpc) is 3.64. The largest absolute Gasteiger partial charge is 0.208 e. The van der Waals surface area contributed by atoms with Crippen LogP contribution in [0.3, 0.4) is 0 Å². The van der Waals surface area contributed by atoms with Gasteiger partial charge >= 0.3 is 0 Å². The second kappa shape index (κ2) is 12.4. The van der Waals surface area contributed by atoms with Gasteiger partial charge in [0.15, 0.2) is 17.5 Å². The molecule has 0 aliphatic rings. The number of thiophene rings is 1. The van der Waals surface area contributed by atoms with E-state index < -0.39 is 0 Å². The molecule has 0 saturated carbocycles. The van der Waals surface area contributed by atoms with Gasteiger partial charge in [-0.25, -0.2) is 15.0 Å². The normalized spacial score (nSPS) is 13.0. The molecule has 7 aromatic carbocycles. The SMILES string of the molecule is [2H]c1c([2H])c(-c2ccccc2)c2c(sc3c([2H])c(-c4nc(-c5ccccc5)nc(-c5ccc(-c6ccccc6)cc5-c5ccccc5)n4)c([2H])c([2H])c32)c1[2H]. The van der Waals surface area contributed by atoms with Crippen LogP contribution in [0.2, 0.25) is 0 Å². The van der Waals surface area contributed by atoms with Crippen molar-refractivity contribution in [2.24, 2.45) is 0 Å². The molecule has 2 heterocycles. The third-order valence-corrected chi connectivity index (χ3v) is 9.50. The summed E-state index contributed by atoms with van der Waals surface area (Å²) in [5.74, 6) is 0.780. The first-order valence-electron chi connectivity index (χ1n) is 18.9. The van der Waals surface area contributed by atoms with Crippen LogP contribution in [0.4, 0.5) is 0 Å². The Kier molecular flexibility index (Phi) is 5.87. The van der Waals surface area contributed by atoms with E-state index in [4.69, 9.17) is 19.1 Å². The van der Waals surface area contributed by atoms with Crippen LogP contribution < -0.4 is 0 Å². The minimum absolute atomic E-state index is 0.0625. The van der Waals surface area contributed by atoms with Crippen molar-refractivity contribution in [1.82, 2.24) is 15.0 Å². The topological polar surface area (TPSA) is 38.7 Å². The van der Waals surface area contributed by atoms with Crippen LogP contribution in [0.5, 0.6) is 0 Å². The minimum Gasteiger partial charge on any atom is -0.208 e. The molecule has 2 aromatic heterocycles. The van der Waals surface area contributed by atoms with Gasteiger partial charge in [-0.2, -0.15) is 0 Å². The lowest BCUT2D eigenvalue weighted by Crippen LogP contribution is -2.01. The van der Waals surface area contributed by atoms with E-state index in [-0.39, 0.29) is 47.6 Å². The van der Waals surface area contributed by atoms with Gasteiger partial charge in [-0.1, -0.05) is 152 Å². The molecule has 0 amide bonds. The second-order valence-corrected chi connectivity index (χ2v) is 12.6. The predicted octanol–water partition coefficient (Wildman–Crippen LogP) is 12.2. The molecule has 0 atom stereocenters. The Morgan fingerprint density at radius 3 is 1.65 bits per heavy atom. The minimum atomic E-state index is -0.247. The fraction of sp³-hybridized carbons (Fsp3) is 0. The lowest BCUT2D eigenvalue weighted by molar-refractivity contribution is 1.07. The third-order valence-electron chi connectivity index (χ3n) is 8.48. The van der Waals surface area contributed by atoms with Crippen LogP contribution in [0.15, 0.2) is 176 Å². The summed E-state index contributed by atoms with van der Waals surface area (Å²) in [5.41, 5.74) is 6.53. The zero-order valence-corrected chi connectivity index (χ0v) is 26.8. The van der Waals surface area contributed by atoms with Gasteiger partial charge in [0.05, 0.1) is 8.22 Å². The molecule has 9 rings (SSSR count). The Morgan fingerprint density at radius 2 is 0.980 bits per heavy atom. The summed E-state index contributed by atoms with van der Waals surface area (Å²) in [6.45, 7) is 0. The molecule has 0 saturated heterocycles. The van der Waals surface area contributed by atoms with E-state index in [2.05, 4.69) is 18.2 Å². The first kappa shape index (κ1) is 23.2. The molecule has 0 fully saturated rings. The molecular weight excluding hydrogens is 615 g/mol. The summed E-state index contributed by atoms with van der Waals surface area (Å²) in [6.07, 6.45) is 0. The highest BCUT2D eigenvalue weighted by Crippen LogP contribution is 2.42. The highest BCUT2D eigenvalue weighted by atomic mass is 32.1. The van der Waals surface area contributed by atoms with Gasteiger partial charge in [0.2, 0.25) is 0 Å². The predicted molar refractivity (Wildman–Crippen MR) is 205 cm³/mol. The number of benzene rings is 7. The zero-order chi connectivity index (χ0) is 37.8. The van der Waals surface area contributed by atoms with Gasteiger partial charge in [-0.15, -0.1) is 11.3 Å². The van der Waals surface area contributed by atoms with Crippen molar-refractivity contribution in [3.05, 3.63) is 176 Å². The summed E-state index contributed by atoms with van der Waals surface area (Å²) < 4.78 is 55.6. The summed E-state index contributed by atoms with van der Waals surface area (Å²) >= 11 is 1.13. The molecular formula is C45H29N3S. The van der Waals surface area contributed by atoms with Crippen LogP contribution in [0.25, 0.3) is 87.7 Å². The maximum absolute atomic E-state index is 9.60. The Hall–Kier alpha value is -6.23. The van der Waals surface area contributed by atoms with Gasteiger partial charge in [-0.05, 0) is 57.6 Å². The van der Waals surface area contributed by atoms with Gasteiger partial charge in [0.1, 0.15) is 0 Å². The second-order valence-electron chi connectivity index (χ2n) is 11.5. The van der Waals surface area contributed by atoms with E-state index in [0.717, 1.165) is 44.7 Å². The number of rotatable bonds is 6. The number of nitrogens with zero attached hydrogens (tertiary/aromatic N) is 3. The van der Waals surface area contributed by atoms with E-state index in [1.165, 1.54) is 0 Å². The lowest BCUT2D eigenvalue weighted by Gasteiger charge is -2.14. The smallest absolute Gasteiger partial charge is 0.164 e. The third kappa shape index (κ3) is 5.48. The molecule has 49 heavy (non-hydrogen) atoms. The Labute approximate surface area is 297 Å². The number of hydrogen-bond acceptors (Lipinski definition) is 4. The van der Waals surface area contributed by atoms with E-state index >= 15 is 0 Å². The van der Waals surface area contributed by atoms with E-state index in [9.17, 15) is 4.11 Å². The zero-order valence-electron chi connectivity index (χ0n) is 32.0. The number of fused-ring (bicyclic) bond motifs is 3. The van der Waals surface area contributed by atoms with E-state index in [1.807, 2.05) is 121 Å². The molecule has 230 valence electrons. The standard InChI is InChI=1S/C45H29N3S/c1-5-14-30(15-6-1)34-24-26-37(39(28-34)32-18-9-3-10-19-32)45-47-43(33-20-11-4-12-21-33)46-44(48-45)35-25-27-38-41(29-35)49-40-23-13-22-36(42(38)40)31-16-7-2-8-17-31/h1-29H/i13D,22D,23D,25D,27D,29D. The van der Waals surface area contributed by atoms with Crippen LogP contribution in [0, 0.1) is 0 Å². The fourth-order valence-corrected chi connectivity index (χ4v) is 7.13. The highest BCUT2D eigenvalue weighted by molar-refractivity contribution is 7.26. The summed E-state index contributed by atoms with van der Waals surface area (Å²) in [4.78, 5) is 14.8. The molecule has 3 nitrogen and oxygen atoms in total. The van der Waals surface area contributed by atoms with Crippen LogP contribution in [0.1, 0.15) is 8.22 Å². The van der Waals surface area contributed by atoms with Gasteiger partial charge in [0, 0.05) is 36.9 Å². The van der Waals surface area contributed by atoms with Gasteiger partial charge in [-0.3, -0.25) is 0 Å². The molecule has 0 N–H and O–H groups in total. The van der Waals surface area contributed by atoms with Crippen molar-refractivity contribution in [3.63, 3.8) is 0 Å². The average molecular weight is 650 g/mol. The van der Waals surface area contributed by atoms with Crippen molar-refractivity contribution >= 4 is 31.5 Å². The van der Waals surface area contributed by atoms with Crippen molar-refractivity contribution in [1.29, 1.82) is 0 Å². The number of aromatic nitrogens is 3. The molecule has 0 unspecified atom stereocenters. The first-order chi connectivity index (χ1) is 26.8. The molecule has 0 radical (unpaired) electrons. The molecule has 9 aromatic rings. The molecule has 0 spiro atoms. The summed E-state index contributed by atoms with van der Waals surface area (Å²) in [5, 5.41) is 0.739. The Bertz CT molecular complexity index is 2920. The maximum atomic E-state index is 9.60.